The number of aromatic nitrogens is 1. The Bertz CT molecular complexity index is 1040. The van der Waals surface area contributed by atoms with E-state index in [4.69, 9.17) is 4.42 Å². The molecule has 26 heavy (non-hydrogen) atoms. The largest absolute Gasteiger partial charge is 0.467 e. The summed E-state index contributed by atoms with van der Waals surface area (Å²) in [6, 6.07) is 9.23. The van der Waals surface area contributed by atoms with Crippen LogP contribution in [0.2, 0.25) is 0 Å². The summed E-state index contributed by atoms with van der Waals surface area (Å²) in [7, 11) is 0. The third-order valence-corrected chi connectivity index (χ3v) is 5.64. The van der Waals surface area contributed by atoms with Gasteiger partial charge in [-0.2, -0.15) is 0 Å². The minimum absolute atomic E-state index is 0.0553. The Morgan fingerprint density at radius 1 is 1.23 bits per heavy atom. The lowest BCUT2D eigenvalue weighted by Gasteiger charge is -2.18. The van der Waals surface area contributed by atoms with Crippen LogP contribution in [0.15, 0.2) is 52.5 Å². The molecular formula is C18H12F2N2O2S2. The van der Waals surface area contributed by atoms with Gasteiger partial charge < -0.3 is 4.42 Å². The average Bonchev–Trinajstić information content (AvgIpc) is 3.33. The quantitative estimate of drug-likeness (QED) is 0.481. The number of fused-ring (bicyclic) bond motifs is 1. The minimum Gasteiger partial charge on any atom is -0.467 e. The van der Waals surface area contributed by atoms with Crippen molar-refractivity contribution < 1.29 is 18.0 Å². The highest BCUT2D eigenvalue weighted by Crippen LogP contribution is 2.32. The minimum atomic E-state index is -0.744. The standard InChI is InChI=1S/C18H12F2N2O2S2/c19-11-7-14(20)17-15(8-11)26-18(21-17)22(10-12-3-1-5-24-12)16(23)9-13-4-2-6-25-13/h1-8H,9-10H2. The van der Waals surface area contributed by atoms with Crippen molar-refractivity contribution in [3.8, 4) is 0 Å². The maximum atomic E-state index is 14.0. The molecule has 0 aliphatic heterocycles. The topological polar surface area (TPSA) is 46.3 Å². The number of carbonyl (C=O) groups excluding carboxylic acids is 1. The zero-order chi connectivity index (χ0) is 18.1. The van der Waals surface area contributed by atoms with E-state index in [1.54, 1.807) is 12.1 Å². The molecule has 0 aliphatic rings. The molecule has 8 heteroatoms. The van der Waals surface area contributed by atoms with Crippen LogP contribution in [0.1, 0.15) is 10.6 Å². The van der Waals surface area contributed by atoms with Crippen LogP contribution in [0.25, 0.3) is 10.2 Å². The molecule has 0 spiro atoms. The smallest absolute Gasteiger partial charge is 0.234 e. The lowest BCUT2D eigenvalue weighted by atomic mass is 10.3. The molecule has 0 atom stereocenters. The van der Waals surface area contributed by atoms with E-state index < -0.39 is 11.6 Å². The number of nitrogens with zero attached hydrogens (tertiary/aromatic N) is 2. The Morgan fingerprint density at radius 3 is 2.85 bits per heavy atom. The van der Waals surface area contributed by atoms with Crippen LogP contribution in [0.4, 0.5) is 13.9 Å². The predicted molar refractivity (Wildman–Crippen MR) is 97.5 cm³/mol. The molecule has 0 N–H and O–H groups in total. The average molecular weight is 390 g/mol. The molecule has 4 nitrogen and oxygen atoms in total. The van der Waals surface area contributed by atoms with Crippen LogP contribution in [0.5, 0.6) is 0 Å². The molecule has 3 aromatic heterocycles. The normalized spacial score (nSPS) is 11.2. The van der Waals surface area contributed by atoms with E-state index in [9.17, 15) is 13.6 Å². The number of furan rings is 1. The summed E-state index contributed by atoms with van der Waals surface area (Å²) in [4.78, 5) is 19.4. The van der Waals surface area contributed by atoms with Gasteiger partial charge in [-0.3, -0.25) is 9.69 Å². The summed E-state index contributed by atoms with van der Waals surface area (Å²) >= 11 is 2.56. The number of amides is 1. The first-order valence-electron chi connectivity index (χ1n) is 7.71. The SMILES string of the molecule is O=C(Cc1cccs1)N(Cc1ccco1)c1nc2c(F)cc(F)cc2s1. The number of rotatable bonds is 5. The van der Waals surface area contributed by atoms with E-state index in [2.05, 4.69) is 4.98 Å². The Morgan fingerprint density at radius 2 is 2.12 bits per heavy atom. The van der Waals surface area contributed by atoms with Gasteiger partial charge in [-0.25, -0.2) is 13.8 Å². The Balaban J connectivity index is 1.72. The molecule has 4 rings (SSSR count). The molecule has 3 heterocycles. The van der Waals surface area contributed by atoms with Crippen LogP contribution in [0, 0.1) is 11.6 Å². The second-order valence-corrected chi connectivity index (χ2v) is 7.59. The van der Waals surface area contributed by atoms with Crippen molar-refractivity contribution in [1.82, 2.24) is 4.98 Å². The van der Waals surface area contributed by atoms with E-state index in [0.717, 1.165) is 22.3 Å². The van der Waals surface area contributed by atoms with Gasteiger partial charge in [0.15, 0.2) is 10.9 Å². The number of hydrogen-bond donors (Lipinski definition) is 0. The second-order valence-electron chi connectivity index (χ2n) is 5.55. The zero-order valence-corrected chi connectivity index (χ0v) is 14.9. The number of anilines is 1. The van der Waals surface area contributed by atoms with Crippen LogP contribution in [-0.4, -0.2) is 10.9 Å². The molecule has 1 amide bonds. The third kappa shape index (κ3) is 3.38. The predicted octanol–water partition coefficient (Wildman–Crippen LogP) is 5.00. The Kier molecular flexibility index (Phi) is 4.52. The van der Waals surface area contributed by atoms with Crippen LogP contribution < -0.4 is 4.90 Å². The van der Waals surface area contributed by atoms with Crippen molar-refractivity contribution in [2.24, 2.45) is 0 Å². The highest BCUT2D eigenvalue weighted by molar-refractivity contribution is 7.22. The molecule has 1 aromatic carbocycles. The van der Waals surface area contributed by atoms with Gasteiger partial charge >= 0.3 is 0 Å². The van der Waals surface area contributed by atoms with Crippen molar-refractivity contribution in [2.45, 2.75) is 13.0 Å². The maximum Gasteiger partial charge on any atom is 0.234 e. The molecule has 0 bridgehead atoms. The van der Waals surface area contributed by atoms with Crippen LogP contribution in [0.3, 0.4) is 0 Å². The van der Waals surface area contributed by atoms with E-state index in [1.165, 1.54) is 28.6 Å². The molecule has 0 fully saturated rings. The van der Waals surface area contributed by atoms with Gasteiger partial charge in [0.1, 0.15) is 17.1 Å². The first-order chi connectivity index (χ1) is 12.6. The number of halogens is 2. The van der Waals surface area contributed by atoms with Gasteiger partial charge in [-0.05, 0) is 29.6 Å². The fraction of sp³-hybridized carbons (Fsp3) is 0.111. The molecule has 0 unspecified atom stereocenters. The van der Waals surface area contributed by atoms with Gasteiger partial charge in [-0.1, -0.05) is 17.4 Å². The van der Waals surface area contributed by atoms with Gasteiger partial charge in [0.05, 0.1) is 23.9 Å². The highest BCUT2D eigenvalue weighted by Gasteiger charge is 2.23. The van der Waals surface area contributed by atoms with Crippen molar-refractivity contribution >= 4 is 43.9 Å². The summed E-state index contributed by atoms with van der Waals surface area (Å²) < 4.78 is 33.2. The van der Waals surface area contributed by atoms with E-state index in [0.29, 0.717) is 15.6 Å². The molecule has 0 saturated heterocycles. The van der Waals surface area contributed by atoms with Crippen molar-refractivity contribution in [3.63, 3.8) is 0 Å². The van der Waals surface area contributed by atoms with Gasteiger partial charge in [0, 0.05) is 10.9 Å². The second kappa shape index (κ2) is 6.97. The fourth-order valence-corrected chi connectivity index (χ4v) is 4.26. The molecule has 0 radical (unpaired) electrons. The number of benzene rings is 1. The van der Waals surface area contributed by atoms with E-state index >= 15 is 0 Å². The molecular weight excluding hydrogens is 378 g/mol. The summed E-state index contributed by atoms with van der Waals surface area (Å²) in [6.45, 7) is 0.168. The van der Waals surface area contributed by atoms with Crippen molar-refractivity contribution in [2.75, 3.05) is 4.90 Å². The summed E-state index contributed by atoms with van der Waals surface area (Å²) in [5.41, 5.74) is 0.0553. The molecule has 0 saturated carbocycles. The number of hydrogen-bond acceptors (Lipinski definition) is 5. The van der Waals surface area contributed by atoms with E-state index in [-0.39, 0.29) is 24.4 Å². The lowest BCUT2D eigenvalue weighted by molar-refractivity contribution is -0.118. The Hall–Kier alpha value is -2.58. The highest BCUT2D eigenvalue weighted by atomic mass is 32.1. The number of thiophene rings is 1. The molecule has 0 aliphatic carbocycles. The fourth-order valence-electron chi connectivity index (χ4n) is 2.54. The first kappa shape index (κ1) is 16.9. The lowest BCUT2D eigenvalue weighted by Crippen LogP contribution is -2.31. The molecule has 132 valence electrons. The summed E-state index contributed by atoms with van der Waals surface area (Å²) in [5.74, 6) is -1.03. The van der Waals surface area contributed by atoms with Gasteiger partial charge in [0.2, 0.25) is 5.91 Å². The van der Waals surface area contributed by atoms with Crippen molar-refractivity contribution in [1.29, 1.82) is 0 Å². The zero-order valence-electron chi connectivity index (χ0n) is 13.3. The van der Waals surface area contributed by atoms with E-state index in [1.807, 2.05) is 17.5 Å². The third-order valence-electron chi connectivity index (χ3n) is 3.73. The van der Waals surface area contributed by atoms with Gasteiger partial charge in [-0.15, -0.1) is 11.3 Å². The monoisotopic (exact) mass is 390 g/mol. The Labute approximate surface area is 155 Å². The number of carbonyl (C=O) groups is 1. The van der Waals surface area contributed by atoms with Crippen LogP contribution in [-0.2, 0) is 17.8 Å². The summed E-state index contributed by atoms with van der Waals surface area (Å²) in [6.07, 6.45) is 1.72. The van der Waals surface area contributed by atoms with Crippen LogP contribution >= 0.6 is 22.7 Å². The number of thiazole rings is 1. The van der Waals surface area contributed by atoms with Crippen molar-refractivity contribution in [3.05, 3.63) is 70.3 Å². The van der Waals surface area contributed by atoms with Gasteiger partial charge in [0.25, 0.3) is 0 Å². The molecule has 4 aromatic rings. The first-order valence-corrected chi connectivity index (χ1v) is 9.40. The maximum absolute atomic E-state index is 14.0. The summed E-state index contributed by atoms with van der Waals surface area (Å²) in [5, 5.41) is 2.21.